The monoisotopic (exact) mass is 363 g/mol. The van der Waals surface area contributed by atoms with Crippen LogP contribution in [0.1, 0.15) is 21.6 Å². The Morgan fingerprint density at radius 3 is 2.78 bits per heavy atom. The molecule has 0 N–H and O–H groups in total. The van der Waals surface area contributed by atoms with E-state index in [2.05, 4.69) is 9.97 Å². The van der Waals surface area contributed by atoms with E-state index in [-0.39, 0.29) is 11.7 Å². The van der Waals surface area contributed by atoms with Gasteiger partial charge in [0.1, 0.15) is 11.6 Å². The van der Waals surface area contributed by atoms with Gasteiger partial charge in [0.2, 0.25) is 0 Å². The Morgan fingerprint density at radius 2 is 2.00 bits per heavy atom. The van der Waals surface area contributed by atoms with Crippen molar-refractivity contribution in [1.82, 2.24) is 14.9 Å². The number of nitrogens with zero attached hydrogens (tertiary/aromatic N) is 3. The maximum atomic E-state index is 13.1. The lowest BCUT2D eigenvalue weighted by Crippen LogP contribution is -2.36. The predicted octanol–water partition coefficient (Wildman–Crippen LogP) is 3.49. The summed E-state index contributed by atoms with van der Waals surface area (Å²) in [5.74, 6) is 0.900. The maximum absolute atomic E-state index is 13.1. The van der Waals surface area contributed by atoms with Crippen molar-refractivity contribution in [2.45, 2.75) is 13.0 Å². The Hall–Kier alpha value is -3.28. The van der Waals surface area contributed by atoms with Crippen LogP contribution in [0.2, 0.25) is 0 Å². The number of hydrogen-bond acceptors (Lipinski definition) is 4. The van der Waals surface area contributed by atoms with Gasteiger partial charge in [-0.15, -0.1) is 0 Å². The van der Waals surface area contributed by atoms with Gasteiger partial charge in [-0.3, -0.25) is 4.79 Å². The van der Waals surface area contributed by atoms with E-state index in [1.54, 1.807) is 42.5 Å². The van der Waals surface area contributed by atoms with Crippen molar-refractivity contribution in [3.05, 3.63) is 77.4 Å². The molecule has 27 heavy (non-hydrogen) atoms. The van der Waals surface area contributed by atoms with Crippen molar-refractivity contribution < 1.29 is 13.9 Å². The van der Waals surface area contributed by atoms with Gasteiger partial charge >= 0.3 is 0 Å². The number of benzene rings is 2. The summed E-state index contributed by atoms with van der Waals surface area (Å²) in [6.45, 7) is 1.05. The summed E-state index contributed by atoms with van der Waals surface area (Å²) in [6, 6.07) is 13.3. The molecular weight excluding hydrogens is 345 g/mol. The second-order valence-corrected chi connectivity index (χ2v) is 6.38. The normalized spacial score (nSPS) is 13.2. The topological polar surface area (TPSA) is 55.3 Å². The Kier molecular flexibility index (Phi) is 4.54. The number of carbonyl (C=O) groups is 1. The zero-order valence-corrected chi connectivity index (χ0v) is 14.9. The van der Waals surface area contributed by atoms with Gasteiger partial charge in [-0.1, -0.05) is 6.07 Å². The van der Waals surface area contributed by atoms with Gasteiger partial charge < -0.3 is 9.64 Å². The standard InChI is InChI=1S/C21H18FN3O2/c1-27-18-4-2-3-15(11-18)21(26)25-10-9-19-16(13-25)12-23-20(24-19)14-5-7-17(22)8-6-14/h2-8,11-12H,9-10,13H2,1H3. The van der Waals surface area contributed by atoms with Crippen LogP contribution in [0, 0.1) is 5.82 Å². The molecular formula is C21H18FN3O2. The average molecular weight is 363 g/mol. The van der Waals surface area contributed by atoms with Crippen LogP contribution in [0.3, 0.4) is 0 Å². The molecule has 0 atom stereocenters. The van der Waals surface area contributed by atoms with E-state index in [0.29, 0.717) is 36.6 Å². The van der Waals surface area contributed by atoms with Crippen LogP contribution in [0.15, 0.2) is 54.7 Å². The lowest BCUT2D eigenvalue weighted by Gasteiger charge is -2.28. The Morgan fingerprint density at radius 1 is 1.19 bits per heavy atom. The van der Waals surface area contributed by atoms with Gasteiger partial charge in [-0.25, -0.2) is 14.4 Å². The molecule has 0 aliphatic carbocycles. The molecule has 0 spiro atoms. The van der Waals surface area contributed by atoms with Crippen molar-refractivity contribution in [1.29, 1.82) is 0 Å². The molecule has 0 bridgehead atoms. The summed E-state index contributed by atoms with van der Waals surface area (Å²) >= 11 is 0. The summed E-state index contributed by atoms with van der Waals surface area (Å²) < 4.78 is 18.3. The van der Waals surface area contributed by atoms with Crippen molar-refractivity contribution in [3.63, 3.8) is 0 Å². The number of aromatic nitrogens is 2. The van der Waals surface area contributed by atoms with Gasteiger partial charge in [-0.2, -0.15) is 0 Å². The number of carbonyl (C=O) groups excluding carboxylic acids is 1. The van der Waals surface area contributed by atoms with E-state index in [1.165, 1.54) is 12.1 Å². The highest BCUT2D eigenvalue weighted by atomic mass is 19.1. The summed E-state index contributed by atoms with van der Waals surface area (Å²) in [5, 5.41) is 0. The zero-order chi connectivity index (χ0) is 18.8. The SMILES string of the molecule is COc1cccc(C(=O)N2CCc3nc(-c4ccc(F)cc4)ncc3C2)c1. The molecule has 0 radical (unpaired) electrons. The minimum absolute atomic E-state index is 0.0397. The number of hydrogen-bond donors (Lipinski definition) is 0. The Balaban J connectivity index is 1.55. The molecule has 1 aliphatic rings. The summed E-state index contributed by atoms with van der Waals surface area (Å²) in [5.41, 5.74) is 3.23. The van der Waals surface area contributed by atoms with Crippen LogP contribution < -0.4 is 4.74 Å². The van der Waals surface area contributed by atoms with Crippen molar-refractivity contribution in [2.24, 2.45) is 0 Å². The average Bonchev–Trinajstić information content (AvgIpc) is 2.73. The number of rotatable bonds is 3. The molecule has 0 saturated carbocycles. The van der Waals surface area contributed by atoms with Gasteiger partial charge in [-0.05, 0) is 42.5 Å². The first-order chi connectivity index (χ1) is 13.1. The van der Waals surface area contributed by atoms with Crippen molar-refractivity contribution >= 4 is 5.91 Å². The van der Waals surface area contributed by atoms with Crippen LogP contribution >= 0.6 is 0 Å². The van der Waals surface area contributed by atoms with Gasteiger partial charge in [0.25, 0.3) is 5.91 Å². The van der Waals surface area contributed by atoms with Crippen LogP contribution in [-0.2, 0) is 13.0 Å². The second kappa shape index (κ2) is 7.15. The number of fused-ring (bicyclic) bond motifs is 1. The van der Waals surface area contributed by atoms with E-state index < -0.39 is 0 Å². The number of amides is 1. The van der Waals surface area contributed by atoms with Gasteiger partial charge in [0.05, 0.1) is 12.8 Å². The molecule has 2 aromatic carbocycles. The molecule has 2 heterocycles. The van der Waals surface area contributed by atoms with E-state index in [4.69, 9.17) is 4.74 Å². The molecule has 1 aromatic heterocycles. The highest BCUT2D eigenvalue weighted by Gasteiger charge is 2.23. The third-order valence-electron chi connectivity index (χ3n) is 4.64. The summed E-state index contributed by atoms with van der Waals surface area (Å²) in [6.07, 6.45) is 2.41. The van der Waals surface area contributed by atoms with Crippen LogP contribution in [0.25, 0.3) is 11.4 Å². The quantitative estimate of drug-likeness (QED) is 0.715. The first kappa shape index (κ1) is 17.1. The minimum atomic E-state index is -0.289. The number of halogens is 1. The Bertz CT molecular complexity index is 989. The van der Waals surface area contributed by atoms with Crippen molar-refractivity contribution in [3.8, 4) is 17.1 Å². The molecule has 0 fully saturated rings. The highest BCUT2D eigenvalue weighted by molar-refractivity contribution is 5.94. The molecule has 5 nitrogen and oxygen atoms in total. The first-order valence-corrected chi connectivity index (χ1v) is 8.68. The molecule has 4 rings (SSSR count). The molecule has 6 heteroatoms. The second-order valence-electron chi connectivity index (χ2n) is 6.38. The summed E-state index contributed by atoms with van der Waals surface area (Å²) in [7, 11) is 1.58. The van der Waals surface area contributed by atoms with E-state index >= 15 is 0 Å². The fourth-order valence-corrected chi connectivity index (χ4v) is 3.17. The van der Waals surface area contributed by atoms with Gasteiger partial charge in [0, 0.05) is 42.4 Å². The molecule has 0 unspecified atom stereocenters. The maximum Gasteiger partial charge on any atom is 0.254 e. The largest absolute Gasteiger partial charge is 0.497 e. The Labute approximate surface area is 156 Å². The lowest BCUT2D eigenvalue weighted by atomic mass is 10.1. The van der Waals surface area contributed by atoms with Crippen LogP contribution in [-0.4, -0.2) is 34.4 Å². The minimum Gasteiger partial charge on any atom is -0.497 e. The highest BCUT2D eigenvalue weighted by Crippen LogP contribution is 2.23. The van der Waals surface area contributed by atoms with E-state index in [0.717, 1.165) is 16.8 Å². The lowest BCUT2D eigenvalue weighted by molar-refractivity contribution is 0.0733. The number of methoxy groups -OCH3 is 1. The third-order valence-corrected chi connectivity index (χ3v) is 4.64. The van der Waals surface area contributed by atoms with Crippen LogP contribution in [0.4, 0.5) is 4.39 Å². The molecule has 3 aromatic rings. The smallest absolute Gasteiger partial charge is 0.254 e. The van der Waals surface area contributed by atoms with E-state index in [1.807, 2.05) is 12.1 Å². The molecule has 1 aliphatic heterocycles. The predicted molar refractivity (Wildman–Crippen MR) is 98.9 cm³/mol. The zero-order valence-electron chi connectivity index (χ0n) is 14.9. The molecule has 1 amide bonds. The molecule has 136 valence electrons. The first-order valence-electron chi connectivity index (χ1n) is 8.68. The number of ether oxygens (including phenoxy) is 1. The fourth-order valence-electron chi connectivity index (χ4n) is 3.17. The fraction of sp³-hybridized carbons (Fsp3) is 0.190. The van der Waals surface area contributed by atoms with Gasteiger partial charge in [0.15, 0.2) is 5.82 Å². The van der Waals surface area contributed by atoms with Crippen LogP contribution in [0.5, 0.6) is 5.75 Å². The van der Waals surface area contributed by atoms with E-state index in [9.17, 15) is 9.18 Å². The third kappa shape index (κ3) is 3.51. The van der Waals surface area contributed by atoms with Crippen molar-refractivity contribution in [2.75, 3.05) is 13.7 Å². The summed E-state index contributed by atoms with van der Waals surface area (Å²) in [4.78, 5) is 23.6. The molecule has 0 saturated heterocycles.